The van der Waals surface area contributed by atoms with Gasteiger partial charge in [0.1, 0.15) is 5.69 Å². The van der Waals surface area contributed by atoms with Crippen molar-refractivity contribution in [2.45, 2.75) is 4.90 Å². The number of hydrogen-bond donors (Lipinski definition) is 2. The van der Waals surface area contributed by atoms with Gasteiger partial charge in [0, 0.05) is 30.7 Å². The number of nitrogens with zero attached hydrogens (tertiary/aromatic N) is 1. The van der Waals surface area contributed by atoms with E-state index in [0.29, 0.717) is 0 Å². The third kappa shape index (κ3) is 4.21. The van der Waals surface area contributed by atoms with E-state index in [1.807, 2.05) is 24.3 Å². The molecule has 0 spiro atoms. The molecule has 0 atom stereocenters. The summed E-state index contributed by atoms with van der Waals surface area (Å²) >= 11 is 0. The van der Waals surface area contributed by atoms with E-state index in [2.05, 4.69) is 10.3 Å². The highest BCUT2D eigenvalue weighted by Gasteiger charge is 2.18. The smallest absolute Gasteiger partial charge is 0.355 e. The Labute approximate surface area is 162 Å². The Morgan fingerprint density at radius 2 is 1.82 bits per heavy atom. The summed E-state index contributed by atoms with van der Waals surface area (Å²) in [4.78, 5) is 27.1. The Balaban J connectivity index is 1.62. The number of fused-ring (bicyclic) bond motifs is 1. The second-order valence-electron chi connectivity index (χ2n) is 6.21. The van der Waals surface area contributed by atoms with Crippen LogP contribution in [-0.2, 0) is 19.6 Å². The first-order valence-electron chi connectivity index (χ1n) is 8.35. The van der Waals surface area contributed by atoms with Crippen molar-refractivity contribution in [1.82, 2.24) is 9.29 Å². The number of para-hydroxylation sites is 1. The van der Waals surface area contributed by atoms with Crippen molar-refractivity contribution >= 4 is 38.5 Å². The molecule has 9 heteroatoms. The van der Waals surface area contributed by atoms with Crippen molar-refractivity contribution in [1.29, 1.82) is 0 Å². The molecule has 0 fully saturated rings. The van der Waals surface area contributed by atoms with Crippen LogP contribution < -0.4 is 5.32 Å². The van der Waals surface area contributed by atoms with Gasteiger partial charge in [0.2, 0.25) is 10.0 Å². The monoisotopic (exact) mass is 401 g/mol. The topological polar surface area (TPSA) is 109 Å². The predicted molar refractivity (Wildman–Crippen MR) is 105 cm³/mol. The van der Waals surface area contributed by atoms with E-state index in [4.69, 9.17) is 4.74 Å². The van der Waals surface area contributed by atoms with Crippen molar-refractivity contribution < 1.29 is 22.7 Å². The maximum Gasteiger partial charge on any atom is 0.355 e. The number of carbonyl (C=O) groups excluding carboxylic acids is 2. The molecule has 2 aromatic carbocycles. The largest absolute Gasteiger partial charge is 0.451 e. The molecule has 8 nitrogen and oxygen atoms in total. The molecule has 146 valence electrons. The van der Waals surface area contributed by atoms with E-state index in [-0.39, 0.29) is 16.3 Å². The second kappa shape index (κ2) is 7.83. The summed E-state index contributed by atoms with van der Waals surface area (Å²) < 4.78 is 30.4. The molecule has 1 heterocycles. The number of carbonyl (C=O) groups is 2. The lowest BCUT2D eigenvalue weighted by atomic mass is 10.2. The Bertz CT molecular complexity index is 1100. The van der Waals surface area contributed by atoms with E-state index in [1.54, 1.807) is 12.1 Å². The molecule has 28 heavy (non-hydrogen) atoms. The van der Waals surface area contributed by atoms with Gasteiger partial charge in [-0.1, -0.05) is 24.3 Å². The Morgan fingerprint density at radius 3 is 2.54 bits per heavy atom. The van der Waals surface area contributed by atoms with Crippen molar-refractivity contribution in [3.8, 4) is 0 Å². The van der Waals surface area contributed by atoms with E-state index in [1.165, 1.54) is 32.3 Å². The van der Waals surface area contributed by atoms with Crippen LogP contribution in [-0.4, -0.2) is 50.3 Å². The summed E-state index contributed by atoms with van der Waals surface area (Å²) in [5, 5.41) is 3.38. The molecule has 0 unspecified atom stereocenters. The fourth-order valence-electron chi connectivity index (χ4n) is 2.53. The fraction of sp³-hybridized carbons (Fsp3) is 0.158. The van der Waals surface area contributed by atoms with Gasteiger partial charge in [-0.2, -0.15) is 0 Å². The molecule has 3 aromatic rings. The van der Waals surface area contributed by atoms with Crippen molar-refractivity contribution in [2.75, 3.05) is 26.0 Å². The van der Waals surface area contributed by atoms with Gasteiger partial charge >= 0.3 is 5.97 Å². The molecule has 3 rings (SSSR count). The van der Waals surface area contributed by atoms with E-state index in [0.717, 1.165) is 15.2 Å². The number of aromatic nitrogens is 1. The number of rotatable bonds is 6. The number of H-pyrrole nitrogens is 1. The highest BCUT2D eigenvalue weighted by molar-refractivity contribution is 7.89. The number of hydrogen-bond acceptors (Lipinski definition) is 5. The first-order valence-corrected chi connectivity index (χ1v) is 9.79. The van der Waals surface area contributed by atoms with Gasteiger partial charge in [-0.3, -0.25) is 4.79 Å². The molecular weight excluding hydrogens is 382 g/mol. The van der Waals surface area contributed by atoms with Gasteiger partial charge < -0.3 is 15.0 Å². The number of ether oxygens (including phenoxy) is 1. The van der Waals surface area contributed by atoms with Crippen LogP contribution in [0.15, 0.2) is 59.5 Å². The van der Waals surface area contributed by atoms with Crippen molar-refractivity contribution in [2.24, 2.45) is 0 Å². The normalized spacial score (nSPS) is 11.5. The Morgan fingerprint density at radius 1 is 1.07 bits per heavy atom. The number of aromatic amines is 1. The molecule has 1 aromatic heterocycles. The Hall–Kier alpha value is -3.17. The van der Waals surface area contributed by atoms with Gasteiger partial charge in [0.05, 0.1) is 4.90 Å². The van der Waals surface area contributed by atoms with Crippen molar-refractivity contribution in [3.63, 3.8) is 0 Å². The third-order valence-corrected chi connectivity index (χ3v) is 5.79. The predicted octanol–water partition coefficient (Wildman–Crippen LogP) is 2.21. The Kier molecular flexibility index (Phi) is 5.48. The third-order valence-electron chi connectivity index (χ3n) is 3.98. The summed E-state index contributed by atoms with van der Waals surface area (Å²) in [6, 6.07) is 14.8. The van der Waals surface area contributed by atoms with E-state index < -0.39 is 28.5 Å². The minimum absolute atomic E-state index is 0.0466. The highest BCUT2D eigenvalue weighted by Crippen LogP contribution is 2.18. The van der Waals surface area contributed by atoms with Crippen LogP contribution in [0.2, 0.25) is 0 Å². The zero-order valence-corrected chi connectivity index (χ0v) is 16.1. The SMILES string of the molecule is CN(C)S(=O)(=O)c1cccc(NC(=O)COC(=O)c2cc3ccccc3[nH]2)c1. The van der Waals surface area contributed by atoms with Crippen LogP contribution in [0.1, 0.15) is 10.5 Å². The zero-order valence-electron chi connectivity index (χ0n) is 15.3. The standard InChI is InChI=1S/C19H19N3O5S/c1-22(2)28(25,26)15-8-5-7-14(11-15)20-18(23)12-27-19(24)17-10-13-6-3-4-9-16(13)21-17/h3-11,21H,12H2,1-2H3,(H,20,23). The highest BCUT2D eigenvalue weighted by atomic mass is 32.2. The van der Waals surface area contributed by atoms with Crippen molar-refractivity contribution in [3.05, 3.63) is 60.3 Å². The number of anilines is 1. The van der Waals surface area contributed by atoms with Crippen LogP contribution in [0.25, 0.3) is 10.9 Å². The van der Waals surface area contributed by atoms with Gasteiger partial charge in [-0.05, 0) is 30.3 Å². The second-order valence-corrected chi connectivity index (χ2v) is 8.36. The molecule has 0 radical (unpaired) electrons. The van der Waals surface area contributed by atoms with E-state index in [9.17, 15) is 18.0 Å². The van der Waals surface area contributed by atoms with Crippen LogP contribution in [0.4, 0.5) is 5.69 Å². The minimum atomic E-state index is -3.62. The minimum Gasteiger partial charge on any atom is -0.451 e. The molecule has 0 aliphatic rings. The average molecular weight is 401 g/mol. The molecule has 0 aliphatic heterocycles. The molecule has 0 saturated carbocycles. The maximum absolute atomic E-state index is 12.2. The van der Waals surface area contributed by atoms with Crippen LogP contribution in [0.3, 0.4) is 0 Å². The lowest BCUT2D eigenvalue weighted by molar-refractivity contribution is -0.119. The van der Waals surface area contributed by atoms with Crippen LogP contribution in [0.5, 0.6) is 0 Å². The molecule has 2 N–H and O–H groups in total. The summed E-state index contributed by atoms with van der Waals surface area (Å²) in [7, 11) is -0.776. The van der Waals surface area contributed by atoms with Crippen LogP contribution >= 0.6 is 0 Å². The average Bonchev–Trinajstić information content (AvgIpc) is 3.10. The summed E-state index contributed by atoms with van der Waals surface area (Å²) in [5.41, 5.74) is 1.32. The summed E-state index contributed by atoms with van der Waals surface area (Å²) in [5.74, 6) is -1.24. The lowest BCUT2D eigenvalue weighted by Crippen LogP contribution is -2.23. The van der Waals surface area contributed by atoms with Gasteiger partial charge in [0.15, 0.2) is 6.61 Å². The molecule has 0 aliphatic carbocycles. The summed E-state index contributed by atoms with van der Waals surface area (Å²) in [6.07, 6.45) is 0. The first kappa shape index (κ1) is 19.6. The van der Waals surface area contributed by atoms with Gasteiger partial charge in [-0.25, -0.2) is 17.5 Å². The maximum atomic E-state index is 12.2. The zero-order chi connectivity index (χ0) is 20.3. The van der Waals surface area contributed by atoms with E-state index >= 15 is 0 Å². The molecule has 0 bridgehead atoms. The molecule has 0 saturated heterocycles. The lowest BCUT2D eigenvalue weighted by Gasteiger charge is -2.12. The molecular formula is C19H19N3O5S. The number of sulfonamides is 1. The quantitative estimate of drug-likeness (QED) is 0.616. The number of esters is 1. The number of amides is 1. The summed E-state index contributed by atoms with van der Waals surface area (Å²) in [6.45, 7) is -0.501. The number of benzene rings is 2. The van der Waals surface area contributed by atoms with Gasteiger partial charge in [-0.15, -0.1) is 0 Å². The fourth-order valence-corrected chi connectivity index (χ4v) is 3.48. The van der Waals surface area contributed by atoms with Gasteiger partial charge in [0.25, 0.3) is 5.91 Å². The van der Waals surface area contributed by atoms with Crippen LogP contribution in [0, 0.1) is 0 Å². The first-order chi connectivity index (χ1) is 13.3. The molecule has 1 amide bonds. The number of nitrogens with one attached hydrogen (secondary N) is 2.